The van der Waals surface area contributed by atoms with Crippen LogP contribution in [0.1, 0.15) is 38.8 Å². The predicted octanol–water partition coefficient (Wildman–Crippen LogP) is 3.32. The molecule has 0 radical (unpaired) electrons. The van der Waals surface area contributed by atoms with Gasteiger partial charge in [0.15, 0.2) is 5.78 Å². The van der Waals surface area contributed by atoms with E-state index in [2.05, 4.69) is 0 Å². The van der Waals surface area contributed by atoms with Crippen LogP contribution < -0.4 is 0 Å². The van der Waals surface area contributed by atoms with E-state index in [-0.39, 0.29) is 16.9 Å². The number of ketones is 1. The standard InChI is InChI=1S/C16H13FO3/c1-10(18)14-7-4-12(9-15(14)17)8-11-2-5-13(6-3-11)16(19)20/h2-7,9H,8H2,1H3,(H,19,20). The third-order valence-corrected chi connectivity index (χ3v) is 3.02. The highest BCUT2D eigenvalue weighted by Crippen LogP contribution is 2.15. The molecule has 0 aromatic heterocycles. The zero-order valence-electron chi connectivity index (χ0n) is 10.9. The lowest BCUT2D eigenvalue weighted by molar-refractivity contribution is 0.0696. The third-order valence-electron chi connectivity index (χ3n) is 3.02. The van der Waals surface area contributed by atoms with Gasteiger partial charge >= 0.3 is 5.97 Å². The number of aromatic carboxylic acids is 1. The Bertz CT molecular complexity index is 660. The number of hydrogen-bond acceptors (Lipinski definition) is 2. The molecule has 0 bridgehead atoms. The van der Waals surface area contributed by atoms with Crippen molar-refractivity contribution in [3.8, 4) is 0 Å². The summed E-state index contributed by atoms with van der Waals surface area (Å²) < 4.78 is 13.7. The van der Waals surface area contributed by atoms with Crippen LogP contribution in [-0.2, 0) is 6.42 Å². The normalized spacial score (nSPS) is 10.3. The van der Waals surface area contributed by atoms with Crippen molar-refractivity contribution in [2.24, 2.45) is 0 Å². The Morgan fingerprint density at radius 1 is 1.05 bits per heavy atom. The number of Topliss-reactive ketones (excluding diaryl/α,β-unsaturated/α-hetero) is 1. The monoisotopic (exact) mass is 272 g/mol. The Hall–Kier alpha value is -2.49. The van der Waals surface area contributed by atoms with Crippen molar-refractivity contribution in [3.63, 3.8) is 0 Å². The first-order chi connectivity index (χ1) is 9.47. The summed E-state index contributed by atoms with van der Waals surface area (Å²) in [4.78, 5) is 21.9. The van der Waals surface area contributed by atoms with Crippen molar-refractivity contribution >= 4 is 11.8 Å². The van der Waals surface area contributed by atoms with E-state index in [1.165, 1.54) is 31.2 Å². The minimum absolute atomic E-state index is 0.0787. The van der Waals surface area contributed by atoms with E-state index in [1.54, 1.807) is 18.2 Å². The van der Waals surface area contributed by atoms with Gasteiger partial charge in [-0.25, -0.2) is 9.18 Å². The van der Waals surface area contributed by atoms with Gasteiger partial charge in [-0.15, -0.1) is 0 Å². The molecule has 0 fully saturated rings. The Morgan fingerprint density at radius 2 is 1.65 bits per heavy atom. The summed E-state index contributed by atoms with van der Waals surface area (Å²) in [5.74, 6) is -1.81. The van der Waals surface area contributed by atoms with Gasteiger partial charge in [0.25, 0.3) is 0 Å². The lowest BCUT2D eigenvalue weighted by Crippen LogP contribution is -1.99. The van der Waals surface area contributed by atoms with Crippen LogP contribution in [0.25, 0.3) is 0 Å². The summed E-state index contributed by atoms with van der Waals surface area (Å²) in [7, 11) is 0. The molecule has 2 aromatic carbocycles. The van der Waals surface area contributed by atoms with Crippen molar-refractivity contribution in [2.75, 3.05) is 0 Å². The molecular formula is C16H13FO3. The SMILES string of the molecule is CC(=O)c1ccc(Cc2ccc(C(=O)O)cc2)cc1F. The number of carboxylic acids is 1. The topological polar surface area (TPSA) is 54.4 Å². The van der Waals surface area contributed by atoms with Crippen molar-refractivity contribution < 1.29 is 19.1 Å². The van der Waals surface area contributed by atoms with Crippen LogP contribution in [0.4, 0.5) is 4.39 Å². The van der Waals surface area contributed by atoms with Gasteiger partial charge in [-0.2, -0.15) is 0 Å². The van der Waals surface area contributed by atoms with E-state index < -0.39 is 11.8 Å². The zero-order chi connectivity index (χ0) is 14.7. The van der Waals surface area contributed by atoms with Gasteiger partial charge in [0.05, 0.1) is 11.1 Å². The number of halogens is 1. The molecule has 2 aromatic rings. The molecule has 0 aliphatic rings. The highest BCUT2D eigenvalue weighted by Gasteiger charge is 2.08. The lowest BCUT2D eigenvalue weighted by Gasteiger charge is -2.05. The van der Waals surface area contributed by atoms with Crippen molar-refractivity contribution in [3.05, 3.63) is 70.5 Å². The number of rotatable bonds is 4. The largest absolute Gasteiger partial charge is 0.478 e. The fraction of sp³-hybridized carbons (Fsp3) is 0.125. The maximum atomic E-state index is 13.7. The molecule has 0 heterocycles. The molecule has 0 atom stereocenters. The lowest BCUT2D eigenvalue weighted by atomic mass is 10.0. The summed E-state index contributed by atoms with van der Waals surface area (Å²) >= 11 is 0. The second kappa shape index (κ2) is 5.65. The maximum absolute atomic E-state index is 13.7. The smallest absolute Gasteiger partial charge is 0.335 e. The van der Waals surface area contributed by atoms with E-state index in [0.29, 0.717) is 6.42 Å². The van der Waals surface area contributed by atoms with Crippen LogP contribution in [0, 0.1) is 5.82 Å². The average molecular weight is 272 g/mol. The second-order valence-corrected chi connectivity index (χ2v) is 4.55. The second-order valence-electron chi connectivity index (χ2n) is 4.55. The first-order valence-corrected chi connectivity index (χ1v) is 6.09. The van der Waals surface area contributed by atoms with E-state index in [1.807, 2.05) is 0 Å². The first kappa shape index (κ1) is 13.9. The van der Waals surface area contributed by atoms with Gasteiger partial charge in [-0.05, 0) is 48.7 Å². The summed E-state index contributed by atoms with van der Waals surface area (Å²) in [6, 6.07) is 10.9. The number of hydrogen-bond donors (Lipinski definition) is 1. The summed E-state index contributed by atoms with van der Waals surface area (Å²) in [6.07, 6.45) is 0.481. The van der Waals surface area contributed by atoms with Gasteiger partial charge in [0.2, 0.25) is 0 Å². The fourth-order valence-corrected chi connectivity index (χ4v) is 1.95. The minimum atomic E-state index is -0.978. The molecular weight excluding hydrogens is 259 g/mol. The van der Waals surface area contributed by atoms with Gasteiger partial charge < -0.3 is 5.11 Å². The van der Waals surface area contributed by atoms with Crippen molar-refractivity contribution in [1.29, 1.82) is 0 Å². The summed E-state index contributed by atoms with van der Waals surface area (Å²) in [5, 5.41) is 8.80. The average Bonchev–Trinajstić information content (AvgIpc) is 2.39. The van der Waals surface area contributed by atoms with Crippen LogP contribution in [0.15, 0.2) is 42.5 Å². The quantitative estimate of drug-likeness (QED) is 0.869. The Labute approximate surface area is 115 Å². The number of carboxylic acid groups (broad SMARTS) is 1. The van der Waals surface area contributed by atoms with Gasteiger partial charge in [0, 0.05) is 0 Å². The molecule has 2 rings (SSSR count). The van der Waals surface area contributed by atoms with Gasteiger partial charge in [-0.3, -0.25) is 4.79 Å². The van der Waals surface area contributed by atoms with Crippen LogP contribution >= 0.6 is 0 Å². The molecule has 0 spiro atoms. The van der Waals surface area contributed by atoms with E-state index in [0.717, 1.165) is 11.1 Å². The van der Waals surface area contributed by atoms with E-state index >= 15 is 0 Å². The molecule has 0 unspecified atom stereocenters. The van der Waals surface area contributed by atoms with E-state index in [4.69, 9.17) is 5.11 Å². The zero-order valence-corrected chi connectivity index (χ0v) is 10.9. The van der Waals surface area contributed by atoms with Crippen LogP contribution in [0.2, 0.25) is 0 Å². The highest BCUT2D eigenvalue weighted by atomic mass is 19.1. The first-order valence-electron chi connectivity index (χ1n) is 6.09. The predicted molar refractivity (Wildman–Crippen MR) is 72.6 cm³/mol. The van der Waals surface area contributed by atoms with Crippen LogP contribution in [-0.4, -0.2) is 16.9 Å². The van der Waals surface area contributed by atoms with Crippen LogP contribution in [0.3, 0.4) is 0 Å². The molecule has 0 saturated heterocycles. The summed E-state index contributed by atoms with van der Waals surface area (Å²) in [6.45, 7) is 1.32. The number of benzene rings is 2. The van der Waals surface area contributed by atoms with Gasteiger partial charge in [0.1, 0.15) is 5.82 Å². The minimum Gasteiger partial charge on any atom is -0.478 e. The molecule has 0 amide bonds. The highest BCUT2D eigenvalue weighted by molar-refractivity contribution is 5.94. The fourth-order valence-electron chi connectivity index (χ4n) is 1.95. The molecule has 20 heavy (non-hydrogen) atoms. The Morgan fingerprint density at radius 3 is 2.15 bits per heavy atom. The summed E-state index contributed by atoms with van der Waals surface area (Å²) in [5.41, 5.74) is 1.90. The number of carbonyl (C=O) groups excluding carboxylic acids is 1. The molecule has 1 N–H and O–H groups in total. The molecule has 0 aliphatic carbocycles. The van der Waals surface area contributed by atoms with E-state index in [9.17, 15) is 14.0 Å². The Balaban J connectivity index is 2.19. The third kappa shape index (κ3) is 3.09. The molecule has 102 valence electrons. The molecule has 0 aliphatic heterocycles. The maximum Gasteiger partial charge on any atom is 0.335 e. The molecule has 0 saturated carbocycles. The van der Waals surface area contributed by atoms with Crippen LogP contribution in [0.5, 0.6) is 0 Å². The van der Waals surface area contributed by atoms with Crippen molar-refractivity contribution in [1.82, 2.24) is 0 Å². The van der Waals surface area contributed by atoms with Gasteiger partial charge in [-0.1, -0.05) is 18.2 Å². The molecule has 3 nitrogen and oxygen atoms in total. The molecule has 4 heteroatoms. The Kier molecular flexibility index (Phi) is 3.94. The van der Waals surface area contributed by atoms with Crippen molar-refractivity contribution in [2.45, 2.75) is 13.3 Å². The number of carbonyl (C=O) groups is 2.